The van der Waals surface area contributed by atoms with E-state index >= 15 is 0 Å². The van der Waals surface area contributed by atoms with Crippen molar-refractivity contribution in [2.45, 2.75) is 13.0 Å². The topological polar surface area (TPSA) is 71.2 Å². The standard InChI is InChI=1S/C11H11F2N3O2/c12-8-3-7(4-9(13)11(8)17)5-14-2-1-10-15-6-18-16-10/h3-4,6,14,17H,1-2,5H2. The van der Waals surface area contributed by atoms with Gasteiger partial charge in [0.1, 0.15) is 0 Å². The molecule has 96 valence electrons. The number of nitrogens with zero attached hydrogens (tertiary/aromatic N) is 2. The fraction of sp³-hybridized carbons (Fsp3) is 0.273. The van der Waals surface area contributed by atoms with Gasteiger partial charge in [-0.25, -0.2) is 8.78 Å². The Bertz CT molecular complexity index is 494. The quantitative estimate of drug-likeness (QED) is 0.790. The molecule has 0 fully saturated rings. The van der Waals surface area contributed by atoms with Crippen LogP contribution in [0, 0.1) is 11.6 Å². The minimum atomic E-state index is -0.968. The van der Waals surface area contributed by atoms with Crippen molar-refractivity contribution >= 4 is 0 Å². The molecule has 2 aromatic rings. The lowest BCUT2D eigenvalue weighted by Gasteiger charge is -2.05. The molecule has 1 heterocycles. The van der Waals surface area contributed by atoms with E-state index in [0.717, 1.165) is 12.1 Å². The third-order valence-electron chi connectivity index (χ3n) is 2.34. The van der Waals surface area contributed by atoms with Crippen molar-refractivity contribution in [1.82, 2.24) is 15.5 Å². The summed E-state index contributed by atoms with van der Waals surface area (Å²) < 4.78 is 30.6. The predicted octanol–water partition coefficient (Wildman–Crippen LogP) is 1.39. The van der Waals surface area contributed by atoms with Crippen molar-refractivity contribution in [2.75, 3.05) is 6.54 Å². The Morgan fingerprint density at radius 1 is 1.28 bits per heavy atom. The van der Waals surface area contributed by atoms with Crippen molar-refractivity contribution in [3.05, 3.63) is 41.5 Å². The molecule has 0 bridgehead atoms. The summed E-state index contributed by atoms with van der Waals surface area (Å²) >= 11 is 0. The molecule has 0 unspecified atom stereocenters. The van der Waals surface area contributed by atoms with E-state index in [9.17, 15) is 8.78 Å². The van der Waals surface area contributed by atoms with Crippen LogP contribution in [0.15, 0.2) is 23.0 Å². The van der Waals surface area contributed by atoms with E-state index in [1.807, 2.05) is 0 Å². The molecule has 0 aliphatic rings. The fourth-order valence-electron chi connectivity index (χ4n) is 1.46. The zero-order valence-corrected chi connectivity index (χ0v) is 9.36. The summed E-state index contributed by atoms with van der Waals surface area (Å²) in [6.45, 7) is 0.829. The molecule has 2 rings (SSSR count). The fourth-order valence-corrected chi connectivity index (χ4v) is 1.46. The highest BCUT2D eigenvalue weighted by Crippen LogP contribution is 2.21. The minimum absolute atomic E-state index is 0.284. The lowest BCUT2D eigenvalue weighted by molar-refractivity contribution is 0.395. The van der Waals surface area contributed by atoms with Gasteiger partial charge in [-0.2, -0.15) is 4.98 Å². The molecule has 0 aliphatic carbocycles. The summed E-state index contributed by atoms with van der Waals surface area (Å²) in [6, 6.07) is 2.17. The van der Waals surface area contributed by atoms with Gasteiger partial charge in [0.25, 0.3) is 0 Å². The van der Waals surface area contributed by atoms with Crippen molar-refractivity contribution in [3.63, 3.8) is 0 Å². The van der Waals surface area contributed by atoms with Gasteiger partial charge in [-0.15, -0.1) is 0 Å². The van der Waals surface area contributed by atoms with Crippen molar-refractivity contribution in [2.24, 2.45) is 0 Å². The maximum Gasteiger partial charge on any atom is 0.213 e. The van der Waals surface area contributed by atoms with Crippen LogP contribution in [0.4, 0.5) is 8.78 Å². The largest absolute Gasteiger partial charge is 0.503 e. The molecular formula is C11H11F2N3O2. The highest BCUT2D eigenvalue weighted by Gasteiger charge is 2.09. The lowest BCUT2D eigenvalue weighted by atomic mass is 10.2. The molecular weight excluding hydrogens is 244 g/mol. The van der Waals surface area contributed by atoms with Gasteiger partial charge in [0.2, 0.25) is 6.39 Å². The van der Waals surface area contributed by atoms with Crippen LogP contribution in [0.25, 0.3) is 0 Å². The van der Waals surface area contributed by atoms with Gasteiger partial charge in [0.05, 0.1) is 0 Å². The molecule has 0 atom stereocenters. The Balaban J connectivity index is 1.83. The highest BCUT2D eigenvalue weighted by molar-refractivity contribution is 5.29. The number of halogens is 2. The summed E-state index contributed by atoms with van der Waals surface area (Å²) in [6.07, 6.45) is 1.79. The lowest BCUT2D eigenvalue weighted by Crippen LogP contribution is -2.17. The summed E-state index contributed by atoms with van der Waals surface area (Å²) in [5.41, 5.74) is 0.413. The van der Waals surface area contributed by atoms with Crippen LogP contribution in [-0.4, -0.2) is 21.8 Å². The van der Waals surface area contributed by atoms with Gasteiger partial charge in [-0.1, -0.05) is 5.16 Å². The highest BCUT2D eigenvalue weighted by atomic mass is 19.1. The second-order valence-electron chi connectivity index (χ2n) is 3.68. The second-order valence-corrected chi connectivity index (χ2v) is 3.68. The van der Waals surface area contributed by atoms with Crippen LogP contribution in [0.3, 0.4) is 0 Å². The first kappa shape index (κ1) is 12.4. The molecule has 0 saturated heterocycles. The van der Waals surface area contributed by atoms with E-state index in [0.29, 0.717) is 24.4 Å². The Labute approximate surface area is 101 Å². The Kier molecular flexibility index (Phi) is 3.83. The molecule has 7 heteroatoms. The molecule has 1 aromatic carbocycles. The molecule has 0 saturated carbocycles. The monoisotopic (exact) mass is 255 g/mol. The van der Waals surface area contributed by atoms with Crippen molar-refractivity contribution < 1.29 is 18.4 Å². The van der Waals surface area contributed by atoms with Gasteiger partial charge < -0.3 is 14.9 Å². The van der Waals surface area contributed by atoms with Crippen LogP contribution in [-0.2, 0) is 13.0 Å². The van der Waals surface area contributed by atoms with E-state index in [1.165, 1.54) is 6.39 Å². The van der Waals surface area contributed by atoms with E-state index in [2.05, 4.69) is 20.0 Å². The van der Waals surface area contributed by atoms with Crippen LogP contribution >= 0.6 is 0 Å². The van der Waals surface area contributed by atoms with Crippen LogP contribution in [0.5, 0.6) is 5.75 Å². The van der Waals surface area contributed by atoms with Gasteiger partial charge in [-0.3, -0.25) is 0 Å². The number of hydrogen-bond donors (Lipinski definition) is 2. The first-order valence-electron chi connectivity index (χ1n) is 5.29. The average molecular weight is 255 g/mol. The SMILES string of the molecule is Oc1c(F)cc(CNCCc2ncon2)cc1F. The Hall–Kier alpha value is -2.02. The van der Waals surface area contributed by atoms with Crippen LogP contribution in [0.2, 0.25) is 0 Å². The second kappa shape index (κ2) is 5.54. The third kappa shape index (κ3) is 3.01. The maximum atomic E-state index is 13.0. The van der Waals surface area contributed by atoms with Crippen LogP contribution in [0.1, 0.15) is 11.4 Å². The normalized spacial score (nSPS) is 10.8. The summed E-state index contributed by atoms with van der Waals surface area (Å²) in [4.78, 5) is 3.83. The van der Waals surface area contributed by atoms with Gasteiger partial charge in [-0.05, 0) is 17.7 Å². The molecule has 0 spiro atoms. The zero-order valence-electron chi connectivity index (χ0n) is 9.36. The van der Waals surface area contributed by atoms with Gasteiger partial charge in [0.15, 0.2) is 23.2 Å². The van der Waals surface area contributed by atoms with E-state index < -0.39 is 17.4 Å². The molecule has 0 radical (unpaired) electrons. The number of phenols is 1. The summed E-state index contributed by atoms with van der Waals surface area (Å²) in [5, 5.41) is 15.5. The minimum Gasteiger partial charge on any atom is -0.503 e. The molecule has 0 aliphatic heterocycles. The molecule has 0 amide bonds. The number of aromatic nitrogens is 2. The van der Waals surface area contributed by atoms with Gasteiger partial charge >= 0.3 is 0 Å². The first-order valence-corrected chi connectivity index (χ1v) is 5.29. The Morgan fingerprint density at radius 3 is 2.61 bits per heavy atom. The molecule has 18 heavy (non-hydrogen) atoms. The number of hydrogen-bond acceptors (Lipinski definition) is 5. The Morgan fingerprint density at radius 2 is 2.00 bits per heavy atom. The third-order valence-corrected chi connectivity index (χ3v) is 2.34. The predicted molar refractivity (Wildman–Crippen MR) is 57.7 cm³/mol. The smallest absolute Gasteiger partial charge is 0.213 e. The number of nitrogens with one attached hydrogen (secondary N) is 1. The summed E-state index contributed by atoms with van der Waals surface area (Å²) in [7, 11) is 0. The van der Waals surface area contributed by atoms with Gasteiger partial charge in [0, 0.05) is 19.5 Å². The molecule has 5 nitrogen and oxygen atoms in total. The van der Waals surface area contributed by atoms with Crippen LogP contribution < -0.4 is 5.32 Å². The first-order chi connectivity index (χ1) is 8.66. The van der Waals surface area contributed by atoms with Crippen molar-refractivity contribution in [3.8, 4) is 5.75 Å². The maximum absolute atomic E-state index is 13.0. The number of rotatable bonds is 5. The van der Waals surface area contributed by atoms with E-state index in [4.69, 9.17) is 5.11 Å². The van der Waals surface area contributed by atoms with E-state index in [1.54, 1.807) is 0 Å². The number of phenolic OH excluding ortho intramolecular Hbond substituents is 1. The van der Waals surface area contributed by atoms with E-state index in [-0.39, 0.29) is 6.54 Å². The summed E-state index contributed by atoms with van der Waals surface area (Å²) in [5.74, 6) is -2.33. The number of aromatic hydroxyl groups is 1. The van der Waals surface area contributed by atoms with Crippen molar-refractivity contribution in [1.29, 1.82) is 0 Å². The molecule has 1 aromatic heterocycles. The average Bonchev–Trinajstić information content (AvgIpc) is 2.84. The number of benzene rings is 1. The molecule has 2 N–H and O–H groups in total. The zero-order chi connectivity index (χ0) is 13.0.